The maximum atomic E-state index is 11.8. The number of nitriles is 2. The molecule has 0 aliphatic carbocycles. The highest BCUT2D eigenvalue weighted by molar-refractivity contribution is 8.00. The third-order valence-electron chi connectivity index (χ3n) is 2.79. The molecule has 0 aliphatic heterocycles. The molecule has 7 nitrogen and oxygen atoms in total. The maximum absolute atomic E-state index is 11.8. The van der Waals surface area contributed by atoms with Crippen LogP contribution in [0.15, 0.2) is 35.5 Å². The molecule has 0 saturated heterocycles. The average molecular weight is 324 g/mol. The Hall–Kier alpha value is -3.10. The highest BCUT2D eigenvalue weighted by Gasteiger charge is 2.12. The quantitative estimate of drug-likeness (QED) is 0.791. The van der Waals surface area contributed by atoms with Gasteiger partial charge in [0.2, 0.25) is 5.91 Å². The molecule has 0 radical (unpaired) electrons. The number of aromatic nitrogens is 2. The van der Waals surface area contributed by atoms with Crippen molar-refractivity contribution in [3.63, 3.8) is 0 Å². The lowest BCUT2D eigenvalue weighted by Gasteiger charge is -2.06. The van der Waals surface area contributed by atoms with Gasteiger partial charge in [0.25, 0.3) is 0 Å². The van der Waals surface area contributed by atoms with Crippen LogP contribution in [0.1, 0.15) is 16.8 Å². The summed E-state index contributed by atoms with van der Waals surface area (Å²) in [7, 11) is 0. The molecule has 2 aromatic rings. The zero-order valence-electron chi connectivity index (χ0n) is 12.0. The fourth-order valence-electron chi connectivity index (χ4n) is 1.67. The molecule has 0 fully saturated rings. The first-order chi connectivity index (χ1) is 11.1. The number of hydrogen-bond acceptors (Lipinski definition) is 7. The van der Waals surface area contributed by atoms with E-state index in [1.165, 1.54) is 6.07 Å². The van der Waals surface area contributed by atoms with Gasteiger partial charge in [-0.25, -0.2) is 4.98 Å². The second-order valence-electron chi connectivity index (χ2n) is 4.38. The molecule has 2 aromatic heterocycles. The molecule has 0 atom stereocenters. The van der Waals surface area contributed by atoms with Crippen molar-refractivity contribution in [3.05, 3.63) is 47.3 Å². The highest BCUT2D eigenvalue weighted by atomic mass is 32.2. The monoisotopic (exact) mass is 324 g/mol. The first-order valence-electron chi connectivity index (χ1n) is 6.54. The van der Waals surface area contributed by atoms with Crippen molar-refractivity contribution < 1.29 is 4.79 Å². The van der Waals surface area contributed by atoms with Gasteiger partial charge in [-0.05, 0) is 18.2 Å². The molecular weight excluding hydrogens is 312 g/mol. The predicted molar refractivity (Wildman–Crippen MR) is 84.9 cm³/mol. The fraction of sp³-hybridized carbons (Fsp3) is 0.133. The van der Waals surface area contributed by atoms with Gasteiger partial charge in [0, 0.05) is 6.20 Å². The number of carbonyl (C=O) groups excluding carboxylic acids is 1. The fourth-order valence-corrected chi connectivity index (χ4v) is 2.46. The van der Waals surface area contributed by atoms with Crippen LogP contribution in [0.4, 0.5) is 5.82 Å². The second kappa shape index (κ2) is 7.78. The third-order valence-corrected chi connectivity index (χ3v) is 3.78. The number of pyridine rings is 2. The van der Waals surface area contributed by atoms with Crippen LogP contribution in [-0.2, 0) is 11.3 Å². The van der Waals surface area contributed by atoms with Crippen LogP contribution in [0.25, 0.3) is 0 Å². The van der Waals surface area contributed by atoms with Crippen molar-refractivity contribution in [1.29, 1.82) is 10.5 Å². The molecule has 0 bridgehead atoms. The smallest absolute Gasteiger partial charge is 0.230 e. The number of nitrogen functional groups attached to an aromatic ring is 1. The Kier molecular flexibility index (Phi) is 5.50. The summed E-state index contributed by atoms with van der Waals surface area (Å²) in [6.45, 7) is 0.328. The van der Waals surface area contributed by atoms with Crippen LogP contribution in [0, 0.1) is 22.7 Å². The number of nitrogens with one attached hydrogen (secondary N) is 1. The van der Waals surface area contributed by atoms with E-state index >= 15 is 0 Å². The standard InChI is InChI=1S/C15H12N6OS/c16-6-10-5-11(7-17)15(21-14(10)18)23-9-13(22)20-8-12-3-1-2-4-19-12/h1-5H,8-9H2,(H2,18,21)(H,20,22). The van der Waals surface area contributed by atoms with E-state index in [0.29, 0.717) is 11.6 Å². The van der Waals surface area contributed by atoms with Gasteiger partial charge >= 0.3 is 0 Å². The molecule has 2 heterocycles. The molecule has 8 heteroatoms. The number of rotatable bonds is 5. The molecule has 2 rings (SSSR count). The van der Waals surface area contributed by atoms with Gasteiger partial charge in [0.1, 0.15) is 23.0 Å². The van der Waals surface area contributed by atoms with E-state index in [1.54, 1.807) is 12.3 Å². The first-order valence-corrected chi connectivity index (χ1v) is 7.52. The molecule has 0 unspecified atom stereocenters. The van der Waals surface area contributed by atoms with Crippen LogP contribution in [0.5, 0.6) is 0 Å². The van der Waals surface area contributed by atoms with Crippen LogP contribution >= 0.6 is 11.8 Å². The van der Waals surface area contributed by atoms with Crippen molar-refractivity contribution in [2.45, 2.75) is 11.6 Å². The molecule has 0 aromatic carbocycles. The van der Waals surface area contributed by atoms with Gasteiger partial charge < -0.3 is 11.1 Å². The van der Waals surface area contributed by atoms with E-state index in [2.05, 4.69) is 15.3 Å². The molecule has 0 saturated carbocycles. The van der Waals surface area contributed by atoms with Gasteiger partial charge in [-0.1, -0.05) is 17.8 Å². The van der Waals surface area contributed by atoms with Crippen LogP contribution in [-0.4, -0.2) is 21.6 Å². The summed E-state index contributed by atoms with van der Waals surface area (Å²) < 4.78 is 0. The van der Waals surface area contributed by atoms with Crippen molar-refractivity contribution in [1.82, 2.24) is 15.3 Å². The van der Waals surface area contributed by atoms with Crippen LogP contribution < -0.4 is 11.1 Å². The van der Waals surface area contributed by atoms with Gasteiger partial charge in [-0.3, -0.25) is 9.78 Å². The zero-order chi connectivity index (χ0) is 16.7. The minimum absolute atomic E-state index is 0.0443. The van der Waals surface area contributed by atoms with Crippen LogP contribution in [0.2, 0.25) is 0 Å². The summed E-state index contributed by atoms with van der Waals surface area (Å²) in [5, 5.41) is 21.0. The number of amides is 1. The van der Waals surface area contributed by atoms with Crippen molar-refractivity contribution in [2.75, 3.05) is 11.5 Å². The average Bonchev–Trinajstić information content (AvgIpc) is 2.59. The number of anilines is 1. The van der Waals surface area contributed by atoms with E-state index in [-0.39, 0.29) is 28.6 Å². The lowest BCUT2D eigenvalue weighted by atomic mass is 10.2. The van der Waals surface area contributed by atoms with Gasteiger partial charge in [0.15, 0.2) is 0 Å². The number of thioether (sulfide) groups is 1. The van der Waals surface area contributed by atoms with E-state index in [1.807, 2.05) is 24.3 Å². The third kappa shape index (κ3) is 4.43. The van der Waals surface area contributed by atoms with E-state index in [9.17, 15) is 4.79 Å². The van der Waals surface area contributed by atoms with Crippen molar-refractivity contribution in [3.8, 4) is 12.1 Å². The summed E-state index contributed by atoms with van der Waals surface area (Å²) in [5.74, 6) is -0.0861. The zero-order valence-corrected chi connectivity index (χ0v) is 12.8. The molecule has 114 valence electrons. The SMILES string of the molecule is N#Cc1cc(C#N)c(SCC(=O)NCc2ccccn2)nc1N. The minimum atomic E-state index is -0.214. The Morgan fingerprint density at radius 2 is 2.09 bits per heavy atom. The first kappa shape index (κ1) is 16.3. The molecule has 0 aliphatic rings. The molecule has 0 spiro atoms. The Balaban J connectivity index is 1.95. The van der Waals surface area contributed by atoms with E-state index in [0.717, 1.165) is 17.5 Å². The Labute approximate surface area is 137 Å². The van der Waals surface area contributed by atoms with Crippen LogP contribution in [0.3, 0.4) is 0 Å². The highest BCUT2D eigenvalue weighted by Crippen LogP contribution is 2.23. The Bertz CT molecular complexity index is 794. The largest absolute Gasteiger partial charge is 0.383 e. The predicted octanol–water partition coefficient (Wildman–Crippen LogP) is 1.21. The number of hydrogen-bond donors (Lipinski definition) is 2. The number of carbonyl (C=O) groups is 1. The molecular formula is C15H12N6OS. The lowest BCUT2D eigenvalue weighted by Crippen LogP contribution is -2.25. The van der Waals surface area contributed by atoms with E-state index < -0.39 is 0 Å². The number of nitrogens with zero attached hydrogens (tertiary/aromatic N) is 4. The Morgan fingerprint density at radius 3 is 2.74 bits per heavy atom. The maximum Gasteiger partial charge on any atom is 0.230 e. The molecule has 23 heavy (non-hydrogen) atoms. The summed E-state index contributed by atoms with van der Waals surface area (Å²) in [4.78, 5) is 20.0. The van der Waals surface area contributed by atoms with Crippen molar-refractivity contribution in [2.24, 2.45) is 0 Å². The molecule has 1 amide bonds. The topological polar surface area (TPSA) is 128 Å². The second-order valence-corrected chi connectivity index (χ2v) is 5.35. The van der Waals surface area contributed by atoms with Crippen molar-refractivity contribution >= 4 is 23.5 Å². The van der Waals surface area contributed by atoms with Gasteiger partial charge in [-0.15, -0.1) is 0 Å². The lowest BCUT2D eigenvalue weighted by molar-refractivity contribution is -0.118. The normalized spacial score (nSPS) is 9.65. The van der Waals surface area contributed by atoms with Gasteiger partial charge in [-0.2, -0.15) is 10.5 Å². The number of nitrogens with two attached hydrogens (primary N) is 1. The minimum Gasteiger partial charge on any atom is -0.383 e. The van der Waals surface area contributed by atoms with E-state index in [4.69, 9.17) is 16.3 Å². The summed E-state index contributed by atoms with van der Waals surface area (Å²) >= 11 is 1.09. The molecule has 3 N–H and O–H groups in total. The summed E-state index contributed by atoms with van der Waals surface area (Å²) in [6.07, 6.45) is 1.65. The van der Waals surface area contributed by atoms with Gasteiger partial charge in [0.05, 0.1) is 29.1 Å². The Morgan fingerprint density at radius 1 is 1.30 bits per heavy atom. The summed E-state index contributed by atoms with van der Waals surface area (Å²) in [6, 6.07) is 10.6. The summed E-state index contributed by atoms with van der Waals surface area (Å²) in [5.41, 5.74) is 6.75.